The van der Waals surface area contributed by atoms with Gasteiger partial charge in [0.1, 0.15) is 23.1 Å². The molecule has 3 aliphatic heterocycles. The van der Waals surface area contributed by atoms with Gasteiger partial charge in [-0.1, -0.05) is 0 Å². The average Bonchev–Trinajstić information content (AvgIpc) is 3.22. The molecule has 28 heavy (non-hydrogen) atoms. The van der Waals surface area contributed by atoms with Crippen LogP contribution in [-0.2, 0) is 19.2 Å². The second kappa shape index (κ2) is 5.46. The lowest BCUT2D eigenvalue weighted by Gasteiger charge is -2.46. The average molecular weight is 385 g/mol. The SMILES string of the molecule is Cc1ccc(C2C3C(=O)N(C)C(=O)C3[C@]3(C)C(=O)N(CC4CC4)CC(=O)N23)o1. The lowest BCUT2D eigenvalue weighted by molar-refractivity contribution is -0.168. The number of nitrogens with zero attached hydrogens (tertiary/aromatic N) is 3. The third-order valence-electron chi connectivity index (χ3n) is 6.84. The minimum Gasteiger partial charge on any atom is -0.464 e. The number of aryl methyl sites for hydroxylation is 1. The summed E-state index contributed by atoms with van der Waals surface area (Å²) < 4.78 is 5.77. The molecule has 5 rings (SSSR count). The number of furan rings is 1. The van der Waals surface area contributed by atoms with E-state index in [1.165, 1.54) is 11.9 Å². The molecule has 0 aromatic carbocycles. The van der Waals surface area contributed by atoms with Crippen molar-refractivity contribution in [2.24, 2.45) is 17.8 Å². The summed E-state index contributed by atoms with van der Waals surface area (Å²) in [6, 6.07) is 2.75. The van der Waals surface area contributed by atoms with Gasteiger partial charge in [0, 0.05) is 13.6 Å². The van der Waals surface area contributed by atoms with E-state index in [9.17, 15) is 19.2 Å². The third-order valence-corrected chi connectivity index (χ3v) is 6.84. The van der Waals surface area contributed by atoms with Gasteiger partial charge < -0.3 is 14.2 Å². The van der Waals surface area contributed by atoms with Crippen LogP contribution in [0.3, 0.4) is 0 Å². The van der Waals surface area contributed by atoms with Crippen LogP contribution < -0.4 is 0 Å². The summed E-state index contributed by atoms with van der Waals surface area (Å²) in [7, 11) is 1.44. The number of carbonyl (C=O) groups excluding carboxylic acids is 4. The first-order valence-corrected chi connectivity index (χ1v) is 9.74. The molecule has 1 aromatic rings. The molecule has 0 spiro atoms. The van der Waals surface area contributed by atoms with Crippen molar-refractivity contribution >= 4 is 23.6 Å². The molecule has 0 bridgehead atoms. The van der Waals surface area contributed by atoms with E-state index in [1.807, 2.05) is 0 Å². The Morgan fingerprint density at radius 2 is 1.86 bits per heavy atom. The molecule has 3 unspecified atom stereocenters. The number of likely N-dealkylation sites (tertiary alicyclic amines) is 1. The summed E-state index contributed by atoms with van der Waals surface area (Å²) in [5, 5.41) is 0. The molecule has 4 amide bonds. The molecule has 1 saturated carbocycles. The number of fused-ring (bicyclic) bond motifs is 3. The van der Waals surface area contributed by atoms with Crippen LogP contribution in [0.25, 0.3) is 0 Å². The van der Waals surface area contributed by atoms with E-state index in [0.29, 0.717) is 24.0 Å². The number of piperazine rings is 1. The normalized spacial score (nSPS) is 35.1. The first kappa shape index (κ1) is 17.5. The van der Waals surface area contributed by atoms with Gasteiger partial charge in [0.05, 0.1) is 18.4 Å². The fourth-order valence-corrected chi connectivity index (χ4v) is 5.30. The molecule has 1 aromatic heterocycles. The highest BCUT2D eigenvalue weighted by Gasteiger charge is 2.73. The topological polar surface area (TPSA) is 91.1 Å². The zero-order chi connectivity index (χ0) is 20.0. The van der Waals surface area contributed by atoms with Crippen molar-refractivity contribution in [2.75, 3.05) is 20.1 Å². The Morgan fingerprint density at radius 3 is 2.46 bits per heavy atom. The van der Waals surface area contributed by atoms with Crippen molar-refractivity contribution in [1.29, 1.82) is 0 Å². The summed E-state index contributed by atoms with van der Waals surface area (Å²) in [5.41, 5.74) is -1.38. The fraction of sp³-hybridized carbons (Fsp3) is 0.600. The van der Waals surface area contributed by atoms with E-state index in [-0.39, 0.29) is 24.3 Å². The van der Waals surface area contributed by atoms with E-state index >= 15 is 0 Å². The van der Waals surface area contributed by atoms with Gasteiger partial charge >= 0.3 is 0 Å². The van der Waals surface area contributed by atoms with Crippen LogP contribution in [0.1, 0.15) is 37.3 Å². The van der Waals surface area contributed by atoms with Gasteiger partial charge in [-0.25, -0.2) is 0 Å². The van der Waals surface area contributed by atoms with Crippen LogP contribution in [0, 0.1) is 24.7 Å². The number of rotatable bonds is 3. The monoisotopic (exact) mass is 385 g/mol. The van der Waals surface area contributed by atoms with E-state index < -0.39 is 29.3 Å². The zero-order valence-electron chi connectivity index (χ0n) is 16.2. The van der Waals surface area contributed by atoms with Gasteiger partial charge in [-0.15, -0.1) is 0 Å². The highest BCUT2D eigenvalue weighted by atomic mass is 16.3. The molecular formula is C20H23N3O5. The minimum absolute atomic E-state index is 0.0151. The maximum Gasteiger partial charge on any atom is 0.249 e. The van der Waals surface area contributed by atoms with Crippen LogP contribution in [-0.4, -0.2) is 64.0 Å². The molecule has 0 radical (unpaired) electrons. The van der Waals surface area contributed by atoms with Gasteiger partial charge in [-0.05, 0) is 44.7 Å². The summed E-state index contributed by atoms with van der Waals surface area (Å²) in [6.07, 6.45) is 2.11. The Bertz CT molecular complexity index is 919. The predicted octanol–water partition coefficient (Wildman–Crippen LogP) is 0.713. The number of hydrogen-bond donors (Lipinski definition) is 0. The van der Waals surface area contributed by atoms with Crippen molar-refractivity contribution in [3.05, 3.63) is 23.7 Å². The molecular weight excluding hydrogens is 362 g/mol. The number of hydrogen-bond acceptors (Lipinski definition) is 5. The van der Waals surface area contributed by atoms with Crippen molar-refractivity contribution in [3.63, 3.8) is 0 Å². The third kappa shape index (κ3) is 2.06. The molecule has 4 fully saturated rings. The summed E-state index contributed by atoms with van der Waals surface area (Å²) in [5.74, 6) is -1.41. The summed E-state index contributed by atoms with van der Waals surface area (Å²) in [6.45, 7) is 3.94. The zero-order valence-corrected chi connectivity index (χ0v) is 16.2. The van der Waals surface area contributed by atoms with Crippen molar-refractivity contribution in [1.82, 2.24) is 14.7 Å². The smallest absolute Gasteiger partial charge is 0.249 e. The number of carbonyl (C=O) groups is 4. The van der Waals surface area contributed by atoms with Crippen LogP contribution in [0.2, 0.25) is 0 Å². The van der Waals surface area contributed by atoms with E-state index in [0.717, 1.165) is 17.7 Å². The highest BCUT2D eigenvalue weighted by molar-refractivity contribution is 6.12. The minimum atomic E-state index is -1.38. The van der Waals surface area contributed by atoms with Crippen molar-refractivity contribution in [3.8, 4) is 0 Å². The number of imide groups is 1. The Labute approximate surface area is 162 Å². The van der Waals surface area contributed by atoms with Crippen molar-refractivity contribution < 1.29 is 23.6 Å². The Morgan fingerprint density at radius 1 is 1.14 bits per heavy atom. The predicted molar refractivity (Wildman–Crippen MR) is 95.5 cm³/mol. The molecule has 3 saturated heterocycles. The number of amides is 4. The van der Waals surface area contributed by atoms with Crippen molar-refractivity contribution in [2.45, 2.75) is 38.3 Å². The standard InChI is InChI=1S/C20H23N3O5/c1-10-4-7-12(28-10)16-14-15(18(26)21(3)17(14)25)20(2)19(27)22(8-11-5-6-11)9-13(24)23(16)20/h4,7,11,14-16H,5-6,8-9H2,1-3H3/t14?,15?,16?,20-/m1/s1. The van der Waals surface area contributed by atoms with Gasteiger partial charge in [0.15, 0.2) is 0 Å². The first-order chi connectivity index (χ1) is 13.2. The quantitative estimate of drug-likeness (QED) is 0.715. The van der Waals surface area contributed by atoms with Gasteiger partial charge in [-0.2, -0.15) is 0 Å². The molecule has 1 aliphatic carbocycles. The lowest BCUT2D eigenvalue weighted by Crippen LogP contribution is -2.67. The van der Waals surface area contributed by atoms with Gasteiger partial charge in [0.25, 0.3) is 0 Å². The van der Waals surface area contributed by atoms with Gasteiger partial charge in [-0.3, -0.25) is 24.1 Å². The van der Waals surface area contributed by atoms with Crippen LogP contribution in [0.5, 0.6) is 0 Å². The maximum atomic E-state index is 13.5. The van der Waals surface area contributed by atoms with E-state index in [2.05, 4.69) is 0 Å². The Balaban J connectivity index is 1.65. The molecule has 148 valence electrons. The highest BCUT2D eigenvalue weighted by Crippen LogP contribution is 2.56. The molecule has 4 aliphatic rings. The van der Waals surface area contributed by atoms with Crippen LogP contribution in [0.4, 0.5) is 0 Å². The van der Waals surface area contributed by atoms with Crippen LogP contribution in [0.15, 0.2) is 16.5 Å². The molecule has 4 heterocycles. The molecule has 0 N–H and O–H groups in total. The summed E-state index contributed by atoms with van der Waals surface area (Å²) >= 11 is 0. The van der Waals surface area contributed by atoms with Gasteiger partial charge in [0.2, 0.25) is 23.6 Å². The second-order valence-corrected chi connectivity index (χ2v) is 8.67. The first-order valence-electron chi connectivity index (χ1n) is 9.74. The van der Waals surface area contributed by atoms with E-state index in [1.54, 1.807) is 30.9 Å². The largest absolute Gasteiger partial charge is 0.464 e. The van der Waals surface area contributed by atoms with E-state index in [4.69, 9.17) is 4.42 Å². The summed E-state index contributed by atoms with van der Waals surface area (Å²) in [4.78, 5) is 56.9. The molecule has 4 atom stereocenters. The second-order valence-electron chi connectivity index (χ2n) is 8.67. The fourth-order valence-electron chi connectivity index (χ4n) is 5.30. The Kier molecular flexibility index (Phi) is 3.40. The van der Waals surface area contributed by atoms with Crippen LogP contribution >= 0.6 is 0 Å². The molecule has 8 nitrogen and oxygen atoms in total. The lowest BCUT2D eigenvalue weighted by atomic mass is 9.79. The Hall–Kier alpha value is -2.64. The molecule has 8 heteroatoms. The maximum absolute atomic E-state index is 13.5.